The first-order chi connectivity index (χ1) is 18.8. The second-order valence-electron chi connectivity index (χ2n) is 9.45. The lowest BCUT2D eigenvalue weighted by molar-refractivity contribution is 1.11. The van der Waals surface area contributed by atoms with Crippen molar-refractivity contribution in [3.63, 3.8) is 0 Å². The number of rotatable bonds is 3. The molecule has 8 aromatic rings. The highest BCUT2D eigenvalue weighted by Gasteiger charge is 2.18. The molecule has 178 valence electrons. The van der Waals surface area contributed by atoms with Crippen LogP contribution in [0.25, 0.3) is 66.4 Å². The molecule has 4 aromatic heterocycles. The molecule has 0 aliphatic carbocycles. The van der Waals surface area contributed by atoms with Crippen molar-refractivity contribution >= 4 is 43.6 Å². The van der Waals surface area contributed by atoms with E-state index in [9.17, 15) is 0 Å². The molecule has 0 unspecified atom stereocenters. The van der Waals surface area contributed by atoms with Gasteiger partial charge >= 0.3 is 0 Å². The van der Waals surface area contributed by atoms with E-state index >= 15 is 0 Å². The van der Waals surface area contributed by atoms with Gasteiger partial charge in [-0.05, 0) is 42.5 Å². The van der Waals surface area contributed by atoms with E-state index in [0.717, 1.165) is 27.8 Å². The first-order valence-electron chi connectivity index (χ1n) is 12.6. The summed E-state index contributed by atoms with van der Waals surface area (Å²) in [6.45, 7) is 0. The van der Waals surface area contributed by atoms with Crippen molar-refractivity contribution in [1.82, 2.24) is 24.1 Å². The van der Waals surface area contributed by atoms with Gasteiger partial charge in [-0.2, -0.15) is 0 Å². The highest BCUT2D eigenvalue weighted by Crippen LogP contribution is 2.38. The summed E-state index contributed by atoms with van der Waals surface area (Å²) in [4.78, 5) is 13.7. The lowest BCUT2D eigenvalue weighted by Crippen LogP contribution is -1.98. The van der Waals surface area contributed by atoms with Crippen LogP contribution in [0, 0.1) is 0 Å². The zero-order valence-electron chi connectivity index (χ0n) is 20.4. The molecule has 0 N–H and O–H groups in total. The number of hydrogen-bond donors (Lipinski definition) is 0. The summed E-state index contributed by atoms with van der Waals surface area (Å²) < 4.78 is 4.66. The van der Waals surface area contributed by atoms with Crippen LogP contribution in [0.2, 0.25) is 0 Å². The molecular formula is C33H21N5. The van der Waals surface area contributed by atoms with Crippen molar-refractivity contribution in [2.45, 2.75) is 0 Å². The van der Waals surface area contributed by atoms with Crippen molar-refractivity contribution in [2.24, 2.45) is 0 Å². The largest absolute Gasteiger partial charge is 0.315 e. The van der Waals surface area contributed by atoms with E-state index in [0.29, 0.717) is 5.82 Å². The molecule has 0 saturated heterocycles. The third-order valence-electron chi connectivity index (χ3n) is 7.26. The first-order valence-corrected chi connectivity index (χ1v) is 12.6. The van der Waals surface area contributed by atoms with Gasteiger partial charge in [-0.1, -0.05) is 60.7 Å². The summed E-state index contributed by atoms with van der Waals surface area (Å²) in [7, 11) is 0. The Kier molecular flexibility index (Phi) is 4.45. The maximum atomic E-state index is 4.82. The molecule has 0 saturated carbocycles. The molecule has 0 bridgehead atoms. The van der Waals surface area contributed by atoms with E-state index in [1.807, 2.05) is 12.3 Å². The van der Waals surface area contributed by atoms with Crippen molar-refractivity contribution in [2.75, 3.05) is 0 Å². The lowest BCUT2D eigenvalue weighted by atomic mass is 10.1. The fourth-order valence-corrected chi connectivity index (χ4v) is 5.54. The van der Waals surface area contributed by atoms with Crippen LogP contribution >= 0.6 is 0 Å². The summed E-state index contributed by atoms with van der Waals surface area (Å²) in [5.41, 5.74) is 7.59. The highest BCUT2D eigenvalue weighted by atomic mass is 15.0. The summed E-state index contributed by atoms with van der Waals surface area (Å²) in [6, 6.07) is 36.2. The number of pyridine rings is 1. The summed E-state index contributed by atoms with van der Waals surface area (Å²) >= 11 is 0. The quantitative estimate of drug-likeness (QED) is 0.256. The smallest absolute Gasteiger partial charge is 0.159 e. The molecule has 0 radical (unpaired) electrons. The molecule has 0 aliphatic rings. The van der Waals surface area contributed by atoms with Crippen LogP contribution in [-0.2, 0) is 0 Å². The topological polar surface area (TPSA) is 48.5 Å². The number of para-hydroxylation sites is 2. The molecule has 0 spiro atoms. The van der Waals surface area contributed by atoms with Crippen molar-refractivity contribution in [3.05, 3.63) is 128 Å². The molecule has 5 heteroatoms. The Morgan fingerprint density at radius 3 is 2.42 bits per heavy atom. The molecule has 4 heterocycles. The molecular weight excluding hydrogens is 466 g/mol. The zero-order chi connectivity index (χ0) is 25.1. The SMILES string of the molecule is c1ccc(-n2ccc3ccc4c5ccccc5n(-c5cccc(-c6ncc7cnccc7n6)c5)c4c32)cc1. The predicted octanol–water partition coefficient (Wildman–Crippen LogP) is 7.73. The molecule has 0 aliphatic heterocycles. The van der Waals surface area contributed by atoms with Gasteiger partial charge in [0.25, 0.3) is 0 Å². The highest BCUT2D eigenvalue weighted by molar-refractivity contribution is 6.18. The number of aromatic nitrogens is 5. The van der Waals surface area contributed by atoms with Crippen LogP contribution < -0.4 is 0 Å². The van der Waals surface area contributed by atoms with Crippen molar-refractivity contribution < 1.29 is 0 Å². The summed E-state index contributed by atoms with van der Waals surface area (Å²) in [5, 5.41) is 4.58. The number of benzene rings is 4. The molecule has 0 atom stereocenters. The van der Waals surface area contributed by atoms with E-state index in [1.165, 1.54) is 32.7 Å². The minimum atomic E-state index is 0.698. The van der Waals surface area contributed by atoms with Gasteiger partial charge in [-0.25, -0.2) is 9.97 Å². The summed E-state index contributed by atoms with van der Waals surface area (Å²) in [5.74, 6) is 0.698. The second-order valence-corrected chi connectivity index (χ2v) is 9.45. The number of hydrogen-bond acceptors (Lipinski definition) is 3. The third-order valence-corrected chi connectivity index (χ3v) is 7.26. The molecule has 5 nitrogen and oxygen atoms in total. The Labute approximate surface area is 218 Å². The zero-order valence-corrected chi connectivity index (χ0v) is 20.4. The molecule has 0 fully saturated rings. The fraction of sp³-hybridized carbons (Fsp3) is 0. The monoisotopic (exact) mass is 487 g/mol. The Hall–Kier alpha value is -5.29. The normalized spacial score (nSPS) is 11.7. The lowest BCUT2D eigenvalue weighted by Gasteiger charge is -2.13. The fourth-order valence-electron chi connectivity index (χ4n) is 5.54. The van der Waals surface area contributed by atoms with Gasteiger partial charge in [-0.3, -0.25) is 4.98 Å². The molecule has 8 rings (SSSR count). The molecule has 38 heavy (non-hydrogen) atoms. The Morgan fingerprint density at radius 1 is 0.605 bits per heavy atom. The van der Waals surface area contributed by atoms with E-state index in [4.69, 9.17) is 4.98 Å². The maximum absolute atomic E-state index is 4.82. The number of fused-ring (bicyclic) bond motifs is 6. The standard InChI is InChI=1S/C33H21N5/c1-2-8-25(9-3-1)37-18-16-22-13-14-28-27-11-4-5-12-30(27)38(32(28)31(22)37)26-10-6-7-23(19-26)33-35-21-24-20-34-17-15-29(24)36-33/h1-21H. The van der Waals surface area contributed by atoms with Gasteiger partial charge < -0.3 is 9.13 Å². The average molecular weight is 488 g/mol. The average Bonchev–Trinajstić information content (AvgIpc) is 3.57. The van der Waals surface area contributed by atoms with Crippen LogP contribution in [0.4, 0.5) is 0 Å². The van der Waals surface area contributed by atoms with Crippen LogP contribution in [-0.4, -0.2) is 24.1 Å². The van der Waals surface area contributed by atoms with Gasteiger partial charge in [-0.15, -0.1) is 0 Å². The van der Waals surface area contributed by atoms with Crippen LogP contribution in [0.5, 0.6) is 0 Å². The van der Waals surface area contributed by atoms with Gasteiger partial charge in [0.1, 0.15) is 0 Å². The van der Waals surface area contributed by atoms with Crippen molar-refractivity contribution in [1.29, 1.82) is 0 Å². The Bertz CT molecular complexity index is 2140. The van der Waals surface area contributed by atoms with Gasteiger partial charge in [0.2, 0.25) is 0 Å². The molecule has 4 aromatic carbocycles. The Balaban J connectivity index is 1.44. The summed E-state index contributed by atoms with van der Waals surface area (Å²) in [6.07, 6.45) is 7.56. The first kappa shape index (κ1) is 20.9. The van der Waals surface area contributed by atoms with Gasteiger partial charge in [0.15, 0.2) is 5.82 Å². The van der Waals surface area contributed by atoms with E-state index < -0.39 is 0 Å². The van der Waals surface area contributed by atoms with Crippen LogP contribution in [0.3, 0.4) is 0 Å². The number of nitrogens with zero attached hydrogens (tertiary/aromatic N) is 5. The minimum Gasteiger partial charge on any atom is -0.315 e. The second kappa shape index (κ2) is 8.11. The van der Waals surface area contributed by atoms with Gasteiger partial charge in [0, 0.05) is 63.3 Å². The third kappa shape index (κ3) is 3.09. The van der Waals surface area contributed by atoms with E-state index in [-0.39, 0.29) is 0 Å². The van der Waals surface area contributed by atoms with Crippen molar-refractivity contribution in [3.8, 4) is 22.8 Å². The van der Waals surface area contributed by atoms with Gasteiger partial charge in [0.05, 0.1) is 22.1 Å². The predicted molar refractivity (Wildman–Crippen MR) is 154 cm³/mol. The Morgan fingerprint density at radius 2 is 1.47 bits per heavy atom. The molecule has 0 amide bonds. The van der Waals surface area contributed by atoms with Crippen LogP contribution in [0.15, 0.2) is 128 Å². The maximum Gasteiger partial charge on any atom is 0.159 e. The van der Waals surface area contributed by atoms with E-state index in [2.05, 4.69) is 122 Å². The van der Waals surface area contributed by atoms with E-state index in [1.54, 1.807) is 12.4 Å². The van der Waals surface area contributed by atoms with Crippen LogP contribution in [0.1, 0.15) is 0 Å². The minimum absolute atomic E-state index is 0.698.